The van der Waals surface area contributed by atoms with Gasteiger partial charge in [-0.05, 0) is 19.1 Å². The van der Waals surface area contributed by atoms with Crippen LogP contribution in [0, 0.1) is 6.92 Å². The van der Waals surface area contributed by atoms with Crippen LogP contribution in [0.4, 0.5) is 5.13 Å². The highest BCUT2D eigenvalue weighted by atomic mass is 32.1. The largest absolute Gasteiger partial charge is 0.467 e. The molecule has 1 atom stereocenters. The Hall–Kier alpha value is -1.81. The van der Waals surface area contributed by atoms with Crippen LogP contribution in [0.3, 0.4) is 0 Å². The van der Waals surface area contributed by atoms with E-state index in [2.05, 4.69) is 25.3 Å². The minimum Gasteiger partial charge on any atom is -0.467 e. The van der Waals surface area contributed by atoms with E-state index in [1.165, 1.54) is 11.3 Å². The van der Waals surface area contributed by atoms with Crippen LogP contribution in [0.1, 0.15) is 16.9 Å². The van der Waals surface area contributed by atoms with Crippen LogP contribution < -0.4 is 5.32 Å². The molecule has 130 valence electrons. The Morgan fingerprint density at radius 2 is 2.12 bits per heavy atom. The zero-order valence-corrected chi connectivity index (χ0v) is 14.3. The number of aliphatic hydroxyl groups is 1. The molecule has 3 heterocycles. The van der Waals surface area contributed by atoms with Crippen molar-refractivity contribution in [1.82, 2.24) is 20.0 Å². The zero-order valence-electron chi connectivity index (χ0n) is 13.5. The Bertz CT molecular complexity index is 652. The summed E-state index contributed by atoms with van der Waals surface area (Å²) in [4.78, 5) is 16.3. The van der Waals surface area contributed by atoms with Crippen LogP contribution in [-0.2, 0) is 4.79 Å². The van der Waals surface area contributed by atoms with E-state index in [4.69, 9.17) is 4.42 Å². The number of nitrogens with one attached hydrogen (secondary N) is 1. The number of amides is 1. The van der Waals surface area contributed by atoms with Crippen LogP contribution in [0.25, 0.3) is 0 Å². The summed E-state index contributed by atoms with van der Waals surface area (Å²) < 4.78 is 5.22. The van der Waals surface area contributed by atoms with E-state index in [1.807, 2.05) is 6.92 Å². The molecule has 0 saturated carbocycles. The molecule has 3 rings (SSSR count). The Morgan fingerprint density at radius 1 is 1.38 bits per heavy atom. The van der Waals surface area contributed by atoms with E-state index in [0.717, 1.165) is 31.2 Å². The molecule has 1 amide bonds. The van der Waals surface area contributed by atoms with E-state index in [0.29, 0.717) is 24.0 Å². The molecule has 1 aliphatic heterocycles. The number of hydrogen-bond acceptors (Lipinski definition) is 8. The highest BCUT2D eigenvalue weighted by Crippen LogP contribution is 2.16. The van der Waals surface area contributed by atoms with Gasteiger partial charge in [-0.15, -0.1) is 10.2 Å². The summed E-state index contributed by atoms with van der Waals surface area (Å²) in [6.07, 6.45) is 0.949. The van der Waals surface area contributed by atoms with Crippen LogP contribution in [0.5, 0.6) is 0 Å². The van der Waals surface area contributed by atoms with Gasteiger partial charge in [-0.2, -0.15) is 0 Å². The first-order valence-electron chi connectivity index (χ1n) is 7.86. The number of nitrogens with zero attached hydrogens (tertiary/aromatic N) is 4. The number of piperazine rings is 1. The lowest BCUT2D eigenvalue weighted by molar-refractivity contribution is -0.117. The van der Waals surface area contributed by atoms with Gasteiger partial charge in [0.2, 0.25) is 11.0 Å². The van der Waals surface area contributed by atoms with E-state index in [1.54, 1.807) is 18.4 Å². The molecule has 0 radical (unpaired) electrons. The fourth-order valence-electron chi connectivity index (χ4n) is 2.65. The first-order valence-corrected chi connectivity index (χ1v) is 8.68. The maximum Gasteiger partial charge on any atom is 0.240 e. The van der Waals surface area contributed by atoms with Crippen molar-refractivity contribution < 1.29 is 14.3 Å². The highest BCUT2D eigenvalue weighted by molar-refractivity contribution is 7.15. The standard InChI is InChI=1S/C15H21N5O3S/c1-11-17-18-15(24-11)16-14(22)10-20-6-4-19(5-7-20)9-12(21)13-3-2-8-23-13/h2-3,8,12,21H,4-7,9-10H2,1H3,(H,16,18,22). The lowest BCUT2D eigenvalue weighted by Gasteiger charge is -2.34. The van der Waals surface area contributed by atoms with Gasteiger partial charge in [-0.25, -0.2) is 0 Å². The molecular formula is C15H21N5O3S. The topological polar surface area (TPSA) is 94.7 Å². The third-order valence-electron chi connectivity index (χ3n) is 3.91. The molecule has 2 aromatic rings. The molecule has 1 saturated heterocycles. The predicted octanol–water partition coefficient (Wildman–Crippen LogP) is 0.729. The molecule has 1 aliphatic rings. The molecular weight excluding hydrogens is 330 g/mol. The second-order valence-electron chi connectivity index (χ2n) is 5.78. The monoisotopic (exact) mass is 351 g/mol. The Morgan fingerprint density at radius 3 is 2.75 bits per heavy atom. The van der Waals surface area contributed by atoms with E-state index < -0.39 is 6.10 Å². The average Bonchev–Trinajstić information content (AvgIpc) is 3.21. The van der Waals surface area contributed by atoms with Gasteiger partial charge >= 0.3 is 0 Å². The predicted molar refractivity (Wildman–Crippen MR) is 89.8 cm³/mol. The van der Waals surface area contributed by atoms with E-state index in [-0.39, 0.29) is 5.91 Å². The van der Waals surface area contributed by atoms with Crippen molar-refractivity contribution in [2.24, 2.45) is 0 Å². The lowest BCUT2D eigenvalue weighted by atomic mass is 10.2. The van der Waals surface area contributed by atoms with Crippen molar-refractivity contribution in [3.8, 4) is 0 Å². The molecule has 0 spiro atoms. The minimum atomic E-state index is -0.615. The number of furan rings is 1. The number of carbonyl (C=O) groups is 1. The summed E-state index contributed by atoms with van der Waals surface area (Å²) in [6, 6.07) is 3.55. The number of anilines is 1. The van der Waals surface area contributed by atoms with E-state index in [9.17, 15) is 9.90 Å². The average molecular weight is 351 g/mol. The summed E-state index contributed by atoms with van der Waals surface area (Å²) in [5.41, 5.74) is 0. The normalized spacial score (nSPS) is 17.8. The lowest BCUT2D eigenvalue weighted by Crippen LogP contribution is -2.49. The molecule has 0 bridgehead atoms. The van der Waals surface area contributed by atoms with Crippen molar-refractivity contribution in [2.45, 2.75) is 13.0 Å². The zero-order chi connectivity index (χ0) is 16.9. The fourth-order valence-corrected chi connectivity index (χ4v) is 3.26. The maximum absolute atomic E-state index is 12.0. The van der Waals surface area contributed by atoms with Crippen molar-refractivity contribution >= 4 is 22.4 Å². The van der Waals surface area contributed by atoms with Gasteiger partial charge in [0.05, 0.1) is 12.8 Å². The van der Waals surface area contributed by atoms with Crippen LogP contribution >= 0.6 is 11.3 Å². The van der Waals surface area contributed by atoms with Gasteiger partial charge in [-0.3, -0.25) is 19.9 Å². The molecule has 0 aliphatic carbocycles. The van der Waals surface area contributed by atoms with Crippen molar-refractivity contribution in [2.75, 3.05) is 44.6 Å². The third kappa shape index (κ3) is 4.60. The Labute approximate surface area is 144 Å². The Kier molecular flexibility index (Phi) is 5.56. The molecule has 9 heteroatoms. The summed E-state index contributed by atoms with van der Waals surface area (Å²) in [5, 5.41) is 22.0. The number of aryl methyl sites for hydroxylation is 1. The molecule has 0 aromatic carbocycles. The number of rotatable bonds is 6. The smallest absolute Gasteiger partial charge is 0.240 e. The summed E-state index contributed by atoms with van der Waals surface area (Å²) in [7, 11) is 0. The van der Waals surface area contributed by atoms with Crippen LogP contribution in [0.2, 0.25) is 0 Å². The summed E-state index contributed by atoms with van der Waals surface area (Å²) in [5.74, 6) is 0.513. The van der Waals surface area contributed by atoms with Gasteiger partial charge in [-0.1, -0.05) is 11.3 Å². The Balaban J connectivity index is 1.39. The number of β-amino-alcohol motifs (C(OH)–C–C–N with tert-alkyl or cyclic N) is 1. The molecule has 8 nitrogen and oxygen atoms in total. The molecule has 2 aromatic heterocycles. The molecule has 1 fully saturated rings. The SMILES string of the molecule is Cc1nnc(NC(=O)CN2CCN(CC(O)c3ccco3)CC2)s1. The summed E-state index contributed by atoms with van der Waals surface area (Å²) in [6.45, 7) is 5.92. The number of hydrogen-bond donors (Lipinski definition) is 2. The number of carbonyl (C=O) groups excluding carboxylic acids is 1. The van der Waals surface area contributed by atoms with Gasteiger partial charge < -0.3 is 9.52 Å². The molecule has 2 N–H and O–H groups in total. The quantitative estimate of drug-likeness (QED) is 0.792. The number of aromatic nitrogens is 2. The molecule has 1 unspecified atom stereocenters. The second kappa shape index (κ2) is 7.84. The highest BCUT2D eigenvalue weighted by Gasteiger charge is 2.22. The maximum atomic E-state index is 12.0. The van der Waals surface area contributed by atoms with Gasteiger partial charge in [0.25, 0.3) is 0 Å². The van der Waals surface area contributed by atoms with Crippen molar-refractivity contribution in [3.05, 3.63) is 29.2 Å². The fraction of sp³-hybridized carbons (Fsp3) is 0.533. The van der Waals surface area contributed by atoms with Crippen LogP contribution in [0.15, 0.2) is 22.8 Å². The van der Waals surface area contributed by atoms with Crippen molar-refractivity contribution in [3.63, 3.8) is 0 Å². The second-order valence-corrected chi connectivity index (χ2v) is 6.96. The number of aliphatic hydroxyl groups excluding tert-OH is 1. The van der Waals surface area contributed by atoms with Crippen LogP contribution in [-0.4, -0.2) is 70.3 Å². The first kappa shape index (κ1) is 17.0. The minimum absolute atomic E-state index is 0.0739. The van der Waals surface area contributed by atoms with Gasteiger partial charge in [0.15, 0.2) is 0 Å². The van der Waals surface area contributed by atoms with Crippen molar-refractivity contribution in [1.29, 1.82) is 0 Å². The third-order valence-corrected chi connectivity index (χ3v) is 4.66. The molecule has 24 heavy (non-hydrogen) atoms. The first-order chi connectivity index (χ1) is 11.6. The summed E-state index contributed by atoms with van der Waals surface area (Å²) >= 11 is 1.37. The van der Waals surface area contributed by atoms with Gasteiger partial charge in [0, 0.05) is 32.7 Å². The van der Waals surface area contributed by atoms with Gasteiger partial charge in [0.1, 0.15) is 16.9 Å². The van der Waals surface area contributed by atoms with E-state index >= 15 is 0 Å².